The third-order valence-corrected chi connectivity index (χ3v) is 5.39. The van der Waals surface area contributed by atoms with E-state index in [9.17, 15) is 5.11 Å². The molecule has 2 atom stereocenters. The van der Waals surface area contributed by atoms with E-state index in [-0.39, 0.29) is 12.5 Å². The fourth-order valence-electron chi connectivity index (χ4n) is 2.92. The minimum absolute atomic E-state index is 0.229. The fourth-order valence-corrected chi connectivity index (χ4v) is 4.20. The highest BCUT2D eigenvalue weighted by Crippen LogP contribution is 2.43. The molecule has 1 N–H and O–H groups in total. The Balaban J connectivity index is 1.78. The maximum absolute atomic E-state index is 9.75. The van der Waals surface area contributed by atoms with Gasteiger partial charge in [-0.1, -0.05) is 48.0 Å². The SMILES string of the molecule is Cc1ccc(C(CO)CC2CSc3ccccc32)cc1. The van der Waals surface area contributed by atoms with Crippen LogP contribution in [0, 0.1) is 6.92 Å². The quantitative estimate of drug-likeness (QED) is 0.900. The molecule has 104 valence electrons. The third-order valence-electron chi connectivity index (χ3n) is 4.14. The second kappa shape index (κ2) is 6.02. The zero-order valence-corrected chi connectivity index (χ0v) is 12.6. The molecule has 1 aliphatic rings. The Morgan fingerprint density at radius 1 is 1.15 bits per heavy atom. The predicted octanol–water partition coefficient (Wildman–Crippen LogP) is 4.35. The van der Waals surface area contributed by atoms with Crippen molar-refractivity contribution in [2.45, 2.75) is 30.1 Å². The van der Waals surface area contributed by atoms with Crippen LogP contribution in [0.15, 0.2) is 53.4 Å². The Hall–Kier alpha value is -1.25. The molecule has 2 aromatic rings. The first-order chi connectivity index (χ1) is 9.78. The van der Waals surface area contributed by atoms with Gasteiger partial charge in [-0.2, -0.15) is 0 Å². The van der Waals surface area contributed by atoms with Crippen LogP contribution in [0.25, 0.3) is 0 Å². The number of thioether (sulfide) groups is 1. The lowest BCUT2D eigenvalue weighted by atomic mass is 9.86. The Labute approximate surface area is 125 Å². The van der Waals surface area contributed by atoms with Crippen LogP contribution in [-0.4, -0.2) is 17.5 Å². The van der Waals surface area contributed by atoms with Gasteiger partial charge in [-0.3, -0.25) is 0 Å². The van der Waals surface area contributed by atoms with Crippen molar-refractivity contribution in [3.05, 3.63) is 65.2 Å². The maximum atomic E-state index is 9.75. The fraction of sp³-hybridized carbons (Fsp3) is 0.333. The molecule has 0 spiro atoms. The topological polar surface area (TPSA) is 20.2 Å². The summed E-state index contributed by atoms with van der Waals surface area (Å²) in [7, 11) is 0. The van der Waals surface area contributed by atoms with Crippen molar-refractivity contribution in [2.24, 2.45) is 0 Å². The Morgan fingerprint density at radius 2 is 1.90 bits per heavy atom. The second-order valence-corrected chi connectivity index (χ2v) is 6.63. The van der Waals surface area contributed by atoms with E-state index in [0.717, 1.165) is 12.2 Å². The minimum Gasteiger partial charge on any atom is -0.396 e. The highest BCUT2D eigenvalue weighted by atomic mass is 32.2. The number of fused-ring (bicyclic) bond motifs is 1. The molecule has 0 saturated carbocycles. The summed E-state index contributed by atoms with van der Waals surface area (Å²) < 4.78 is 0. The average molecular weight is 284 g/mol. The van der Waals surface area contributed by atoms with Crippen LogP contribution >= 0.6 is 11.8 Å². The van der Waals surface area contributed by atoms with Crippen molar-refractivity contribution in [1.29, 1.82) is 0 Å². The monoisotopic (exact) mass is 284 g/mol. The standard InChI is InChI=1S/C18H20OS/c1-13-6-8-14(9-7-13)15(11-19)10-16-12-20-18-5-3-2-4-17(16)18/h2-9,15-16,19H,10-12H2,1H3. The van der Waals surface area contributed by atoms with Crippen LogP contribution in [0.4, 0.5) is 0 Å². The van der Waals surface area contributed by atoms with Crippen molar-refractivity contribution in [1.82, 2.24) is 0 Å². The van der Waals surface area contributed by atoms with Gasteiger partial charge in [0, 0.05) is 23.2 Å². The van der Waals surface area contributed by atoms with Gasteiger partial charge in [0.2, 0.25) is 0 Å². The summed E-state index contributed by atoms with van der Waals surface area (Å²) in [5.74, 6) is 1.95. The first-order valence-electron chi connectivity index (χ1n) is 7.17. The number of rotatable bonds is 4. The summed E-state index contributed by atoms with van der Waals surface area (Å²) >= 11 is 1.94. The lowest BCUT2D eigenvalue weighted by Crippen LogP contribution is -2.10. The van der Waals surface area contributed by atoms with E-state index < -0.39 is 0 Å². The number of aryl methyl sites for hydroxylation is 1. The van der Waals surface area contributed by atoms with Crippen LogP contribution < -0.4 is 0 Å². The lowest BCUT2D eigenvalue weighted by molar-refractivity contribution is 0.255. The van der Waals surface area contributed by atoms with Gasteiger partial charge in [-0.25, -0.2) is 0 Å². The largest absolute Gasteiger partial charge is 0.396 e. The highest BCUT2D eigenvalue weighted by Gasteiger charge is 2.26. The van der Waals surface area contributed by atoms with E-state index in [1.54, 1.807) is 0 Å². The second-order valence-electron chi connectivity index (χ2n) is 5.57. The molecular weight excluding hydrogens is 264 g/mol. The number of aliphatic hydroxyl groups excluding tert-OH is 1. The predicted molar refractivity (Wildman–Crippen MR) is 85.5 cm³/mol. The van der Waals surface area contributed by atoms with Crippen molar-refractivity contribution < 1.29 is 5.11 Å². The molecule has 3 rings (SSSR count). The Bertz CT molecular complexity index is 576. The van der Waals surface area contributed by atoms with Gasteiger partial charge in [0.1, 0.15) is 0 Å². The van der Waals surface area contributed by atoms with Gasteiger partial charge in [-0.05, 0) is 36.5 Å². The van der Waals surface area contributed by atoms with Crippen LogP contribution in [0.5, 0.6) is 0 Å². The normalized spacial score (nSPS) is 18.8. The summed E-state index contributed by atoms with van der Waals surface area (Å²) in [5.41, 5.74) is 3.99. The number of benzene rings is 2. The van der Waals surface area contributed by atoms with Crippen molar-refractivity contribution in [3.8, 4) is 0 Å². The molecular formula is C18H20OS. The van der Waals surface area contributed by atoms with E-state index in [1.807, 2.05) is 11.8 Å². The summed E-state index contributed by atoms with van der Waals surface area (Å²) in [6.07, 6.45) is 1.03. The van der Waals surface area contributed by atoms with Crippen molar-refractivity contribution in [2.75, 3.05) is 12.4 Å². The molecule has 1 heterocycles. The molecule has 2 aromatic carbocycles. The van der Waals surface area contributed by atoms with Gasteiger partial charge in [-0.15, -0.1) is 11.8 Å². The molecule has 20 heavy (non-hydrogen) atoms. The molecule has 1 nitrogen and oxygen atoms in total. The van der Waals surface area contributed by atoms with E-state index in [1.165, 1.54) is 21.6 Å². The molecule has 2 unspecified atom stereocenters. The van der Waals surface area contributed by atoms with Crippen LogP contribution in [0.1, 0.15) is 34.9 Å². The maximum Gasteiger partial charge on any atom is 0.0499 e. The minimum atomic E-state index is 0.229. The van der Waals surface area contributed by atoms with Gasteiger partial charge >= 0.3 is 0 Å². The zero-order chi connectivity index (χ0) is 13.9. The van der Waals surface area contributed by atoms with Crippen molar-refractivity contribution in [3.63, 3.8) is 0 Å². The van der Waals surface area contributed by atoms with E-state index in [4.69, 9.17) is 0 Å². The molecule has 0 bridgehead atoms. The summed E-state index contributed by atoms with van der Waals surface area (Å²) in [4.78, 5) is 1.41. The summed E-state index contributed by atoms with van der Waals surface area (Å²) in [6.45, 7) is 2.33. The molecule has 1 aliphatic heterocycles. The molecule has 0 fully saturated rings. The third kappa shape index (κ3) is 2.77. The average Bonchev–Trinajstić information content (AvgIpc) is 2.89. The Morgan fingerprint density at radius 3 is 2.65 bits per heavy atom. The van der Waals surface area contributed by atoms with Gasteiger partial charge < -0.3 is 5.11 Å². The van der Waals surface area contributed by atoms with Gasteiger partial charge in [0.15, 0.2) is 0 Å². The number of hydrogen-bond acceptors (Lipinski definition) is 2. The molecule has 0 aliphatic carbocycles. The van der Waals surface area contributed by atoms with E-state index >= 15 is 0 Å². The summed E-state index contributed by atoms with van der Waals surface area (Å²) in [5, 5.41) is 9.75. The first kappa shape index (κ1) is 13.7. The molecule has 0 amide bonds. The summed E-state index contributed by atoms with van der Waals surface area (Å²) in [6, 6.07) is 17.3. The van der Waals surface area contributed by atoms with Crippen LogP contribution in [0.2, 0.25) is 0 Å². The van der Waals surface area contributed by atoms with E-state index in [0.29, 0.717) is 5.92 Å². The highest BCUT2D eigenvalue weighted by molar-refractivity contribution is 7.99. The van der Waals surface area contributed by atoms with E-state index in [2.05, 4.69) is 55.5 Å². The van der Waals surface area contributed by atoms with Gasteiger partial charge in [0.25, 0.3) is 0 Å². The molecule has 0 radical (unpaired) electrons. The Kier molecular flexibility index (Phi) is 4.13. The van der Waals surface area contributed by atoms with Crippen LogP contribution in [0.3, 0.4) is 0 Å². The molecule has 0 aromatic heterocycles. The first-order valence-corrected chi connectivity index (χ1v) is 8.15. The van der Waals surface area contributed by atoms with Crippen molar-refractivity contribution >= 4 is 11.8 Å². The number of hydrogen-bond donors (Lipinski definition) is 1. The lowest BCUT2D eigenvalue weighted by Gasteiger charge is -2.19. The molecule has 0 saturated heterocycles. The zero-order valence-electron chi connectivity index (χ0n) is 11.8. The number of aliphatic hydroxyl groups is 1. The smallest absolute Gasteiger partial charge is 0.0499 e. The van der Waals surface area contributed by atoms with Crippen LogP contribution in [-0.2, 0) is 0 Å². The molecule has 2 heteroatoms. The van der Waals surface area contributed by atoms with Gasteiger partial charge in [0.05, 0.1) is 0 Å².